The number of methoxy groups -OCH3 is 2. The first-order valence-corrected chi connectivity index (χ1v) is 5.68. The van der Waals surface area contributed by atoms with E-state index in [9.17, 15) is 9.59 Å². The molecule has 0 bridgehead atoms. The summed E-state index contributed by atoms with van der Waals surface area (Å²) >= 11 is 0. The van der Waals surface area contributed by atoms with Gasteiger partial charge in [0.25, 0.3) is 0 Å². The van der Waals surface area contributed by atoms with Crippen LogP contribution in [0.5, 0.6) is 5.75 Å². The Bertz CT molecular complexity index is 508. The molecule has 0 aliphatic rings. The number of amides is 1. The van der Waals surface area contributed by atoms with E-state index in [1.807, 2.05) is 0 Å². The Morgan fingerprint density at radius 1 is 1.32 bits per heavy atom. The lowest BCUT2D eigenvalue weighted by atomic mass is 10.0. The highest BCUT2D eigenvalue weighted by Gasteiger charge is 2.12. The van der Waals surface area contributed by atoms with Crippen LogP contribution in [0, 0.1) is 0 Å². The highest BCUT2D eigenvalue weighted by Crippen LogP contribution is 2.24. The largest absolute Gasteiger partial charge is 0.497 e. The van der Waals surface area contributed by atoms with Crippen molar-refractivity contribution in [1.29, 1.82) is 0 Å². The van der Waals surface area contributed by atoms with Gasteiger partial charge in [-0.05, 0) is 23.8 Å². The molecule has 0 spiro atoms. The van der Waals surface area contributed by atoms with E-state index in [-0.39, 0.29) is 12.3 Å². The molecule has 0 saturated heterocycles. The molecule has 0 aromatic heterocycles. The molecule has 0 heterocycles. The number of nitrogens with one attached hydrogen (secondary N) is 1. The van der Waals surface area contributed by atoms with Crippen molar-refractivity contribution in [3.63, 3.8) is 0 Å². The number of anilines is 1. The van der Waals surface area contributed by atoms with Gasteiger partial charge in [-0.2, -0.15) is 0 Å². The number of benzene rings is 1. The number of esters is 1. The minimum Gasteiger partial charge on any atom is -0.497 e. The maximum Gasteiger partial charge on any atom is 0.333 e. The van der Waals surface area contributed by atoms with E-state index in [1.54, 1.807) is 25.3 Å². The van der Waals surface area contributed by atoms with Crippen molar-refractivity contribution in [2.75, 3.05) is 19.5 Å². The van der Waals surface area contributed by atoms with Crippen molar-refractivity contribution in [3.05, 3.63) is 35.9 Å². The van der Waals surface area contributed by atoms with E-state index < -0.39 is 5.97 Å². The lowest BCUT2D eigenvalue weighted by molar-refractivity contribution is -0.136. The molecule has 1 aromatic rings. The summed E-state index contributed by atoms with van der Waals surface area (Å²) in [5, 5.41) is 2.70. The monoisotopic (exact) mass is 263 g/mol. The summed E-state index contributed by atoms with van der Waals surface area (Å²) < 4.78 is 9.73. The lowest BCUT2D eigenvalue weighted by Gasteiger charge is -2.12. The van der Waals surface area contributed by atoms with Crippen LogP contribution in [-0.2, 0) is 20.7 Å². The molecule has 5 nitrogen and oxygen atoms in total. The third-order valence-electron chi connectivity index (χ3n) is 2.50. The van der Waals surface area contributed by atoms with Gasteiger partial charge in [0.05, 0.1) is 14.2 Å². The second-order valence-corrected chi connectivity index (χ2v) is 3.98. The van der Waals surface area contributed by atoms with Crippen molar-refractivity contribution < 1.29 is 19.1 Å². The van der Waals surface area contributed by atoms with Gasteiger partial charge in [-0.1, -0.05) is 6.58 Å². The molecule has 0 aliphatic carbocycles. The average molecular weight is 263 g/mol. The first-order chi connectivity index (χ1) is 8.97. The van der Waals surface area contributed by atoms with Crippen LogP contribution in [0.25, 0.3) is 0 Å². The molecule has 0 unspecified atom stereocenters. The zero-order valence-electron chi connectivity index (χ0n) is 11.3. The van der Waals surface area contributed by atoms with Crippen LogP contribution in [0.3, 0.4) is 0 Å². The number of hydrogen-bond acceptors (Lipinski definition) is 4. The molecule has 5 heteroatoms. The number of carbonyl (C=O) groups excluding carboxylic acids is 2. The fraction of sp³-hybridized carbons (Fsp3) is 0.286. The maximum atomic E-state index is 11.4. The van der Waals surface area contributed by atoms with Crippen LogP contribution in [0.15, 0.2) is 30.4 Å². The summed E-state index contributed by atoms with van der Waals surface area (Å²) in [7, 11) is 2.85. The van der Waals surface area contributed by atoms with E-state index in [1.165, 1.54) is 14.0 Å². The lowest BCUT2D eigenvalue weighted by Crippen LogP contribution is -2.11. The Morgan fingerprint density at radius 2 is 2.00 bits per heavy atom. The molecule has 1 amide bonds. The van der Waals surface area contributed by atoms with Crippen LogP contribution in [0.2, 0.25) is 0 Å². The quantitative estimate of drug-likeness (QED) is 0.651. The summed E-state index contributed by atoms with van der Waals surface area (Å²) in [6.07, 6.45) is 0.277. The molecule has 0 aliphatic heterocycles. The maximum absolute atomic E-state index is 11.4. The molecule has 1 N–H and O–H groups in total. The van der Waals surface area contributed by atoms with Gasteiger partial charge in [0.15, 0.2) is 0 Å². The second-order valence-electron chi connectivity index (χ2n) is 3.98. The van der Waals surface area contributed by atoms with Gasteiger partial charge in [-0.3, -0.25) is 4.79 Å². The predicted molar refractivity (Wildman–Crippen MR) is 72.2 cm³/mol. The van der Waals surface area contributed by atoms with E-state index >= 15 is 0 Å². The first kappa shape index (κ1) is 14.8. The fourth-order valence-corrected chi connectivity index (χ4v) is 1.60. The standard InChI is InChI=1S/C14H17NO4/c1-9(14(17)19-4)7-11-8-12(18-3)5-6-13(11)15-10(2)16/h5-6,8H,1,7H2,2-4H3,(H,15,16). The number of rotatable bonds is 5. The molecule has 1 aromatic carbocycles. The highest BCUT2D eigenvalue weighted by atomic mass is 16.5. The van der Waals surface area contributed by atoms with Gasteiger partial charge in [0.2, 0.25) is 5.91 Å². The third kappa shape index (κ3) is 4.13. The van der Waals surface area contributed by atoms with Gasteiger partial charge in [0, 0.05) is 24.6 Å². The molecular weight excluding hydrogens is 246 g/mol. The number of carbonyl (C=O) groups is 2. The van der Waals surface area contributed by atoms with E-state index in [2.05, 4.69) is 16.6 Å². The Hall–Kier alpha value is -2.30. The van der Waals surface area contributed by atoms with Crippen molar-refractivity contribution in [2.45, 2.75) is 13.3 Å². The SMILES string of the molecule is C=C(Cc1cc(OC)ccc1NC(C)=O)C(=O)OC. The van der Waals surface area contributed by atoms with Gasteiger partial charge < -0.3 is 14.8 Å². The second kappa shape index (κ2) is 6.58. The summed E-state index contributed by atoms with van der Waals surface area (Å²) in [5.41, 5.74) is 1.67. The third-order valence-corrected chi connectivity index (χ3v) is 2.50. The summed E-state index contributed by atoms with van der Waals surface area (Å²) in [6.45, 7) is 5.09. The molecular formula is C14H17NO4. The summed E-state index contributed by atoms with van der Waals surface area (Å²) in [6, 6.07) is 5.20. The van der Waals surface area contributed by atoms with E-state index in [0.717, 1.165) is 5.56 Å². The molecule has 0 saturated carbocycles. The van der Waals surface area contributed by atoms with Crippen LogP contribution in [-0.4, -0.2) is 26.1 Å². The fourth-order valence-electron chi connectivity index (χ4n) is 1.60. The van der Waals surface area contributed by atoms with Crippen molar-refractivity contribution in [2.24, 2.45) is 0 Å². The Morgan fingerprint density at radius 3 is 2.53 bits per heavy atom. The van der Waals surface area contributed by atoms with Crippen LogP contribution >= 0.6 is 0 Å². The van der Waals surface area contributed by atoms with Gasteiger partial charge in [-0.25, -0.2) is 4.79 Å². The summed E-state index contributed by atoms with van der Waals surface area (Å²) in [4.78, 5) is 22.5. The van der Waals surface area contributed by atoms with Crippen LogP contribution in [0.4, 0.5) is 5.69 Å². The smallest absolute Gasteiger partial charge is 0.333 e. The molecule has 1 rings (SSSR count). The van der Waals surface area contributed by atoms with Gasteiger partial charge >= 0.3 is 5.97 Å². The zero-order chi connectivity index (χ0) is 14.4. The van der Waals surface area contributed by atoms with Crippen molar-refractivity contribution in [3.8, 4) is 5.75 Å². The number of hydrogen-bond donors (Lipinski definition) is 1. The Labute approximate surface area is 112 Å². The van der Waals surface area contributed by atoms with Crippen molar-refractivity contribution >= 4 is 17.6 Å². The zero-order valence-corrected chi connectivity index (χ0v) is 11.3. The van der Waals surface area contributed by atoms with Gasteiger partial charge in [-0.15, -0.1) is 0 Å². The molecule has 102 valence electrons. The molecule has 19 heavy (non-hydrogen) atoms. The predicted octanol–water partition coefficient (Wildman–Crippen LogP) is 1.93. The van der Waals surface area contributed by atoms with Crippen LogP contribution < -0.4 is 10.1 Å². The first-order valence-electron chi connectivity index (χ1n) is 5.68. The van der Waals surface area contributed by atoms with E-state index in [4.69, 9.17) is 4.74 Å². The Kier molecular flexibility index (Phi) is 5.11. The van der Waals surface area contributed by atoms with Gasteiger partial charge in [0.1, 0.15) is 5.75 Å². The van der Waals surface area contributed by atoms with E-state index in [0.29, 0.717) is 17.0 Å². The minimum absolute atomic E-state index is 0.185. The van der Waals surface area contributed by atoms with Crippen molar-refractivity contribution in [1.82, 2.24) is 0 Å². The molecule has 0 radical (unpaired) electrons. The Balaban J connectivity index is 3.03. The normalized spacial score (nSPS) is 9.63. The summed E-state index contributed by atoms with van der Waals surface area (Å²) in [5.74, 6) is -0.0199. The number of ether oxygens (including phenoxy) is 2. The highest BCUT2D eigenvalue weighted by molar-refractivity contribution is 5.91. The topological polar surface area (TPSA) is 64.6 Å². The molecule has 0 fully saturated rings. The minimum atomic E-state index is -0.475. The average Bonchev–Trinajstić information content (AvgIpc) is 2.39. The van der Waals surface area contributed by atoms with Crippen LogP contribution in [0.1, 0.15) is 12.5 Å². The molecule has 0 atom stereocenters.